The first-order valence-corrected chi connectivity index (χ1v) is 7.93. The second-order valence-corrected chi connectivity index (χ2v) is 6.29. The minimum atomic E-state index is -0.613. The van der Waals surface area contributed by atoms with Crippen molar-refractivity contribution in [3.8, 4) is 0 Å². The van der Waals surface area contributed by atoms with Crippen LogP contribution in [0.5, 0.6) is 0 Å². The van der Waals surface area contributed by atoms with Gasteiger partial charge in [0.1, 0.15) is 5.82 Å². The molecule has 2 fully saturated rings. The van der Waals surface area contributed by atoms with E-state index in [0.717, 1.165) is 57.4 Å². The van der Waals surface area contributed by atoms with E-state index < -0.39 is 5.54 Å². The van der Waals surface area contributed by atoms with Crippen LogP contribution in [0.25, 0.3) is 0 Å². The lowest BCUT2D eigenvalue weighted by Gasteiger charge is -2.34. The Labute approximate surface area is 125 Å². The van der Waals surface area contributed by atoms with Crippen LogP contribution >= 0.6 is 0 Å². The van der Waals surface area contributed by atoms with E-state index in [4.69, 9.17) is 5.73 Å². The minimum absolute atomic E-state index is 0.0521. The zero-order valence-electron chi connectivity index (χ0n) is 12.4. The summed E-state index contributed by atoms with van der Waals surface area (Å²) in [6, 6.07) is 6.22. The number of nitrogens with zero attached hydrogens (tertiary/aromatic N) is 2. The van der Waals surface area contributed by atoms with E-state index in [0.29, 0.717) is 0 Å². The standard InChI is InChI=1S/C16H24N4O/c17-16(8-2-3-9-16)15(21)19-13-6-11-20(12-7-13)14-5-1-4-10-18-14/h1,4-5,10,13H,2-3,6-9,11-12,17H2,(H,19,21). The van der Waals surface area contributed by atoms with Gasteiger partial charge in [0, 0.05) is 25.3 Å². The highest BCUT2D eigenvalue weighted by atomic mass is 16.2. The van der Waals surface area contributed by atoms with Crippen molar-refractivity contribution in [2.24, 2.45) is 5.73 Å². The van der Waals surface area contributed by atoms with Crippen molar-refractivity contribution in [3.63, 3.8) is 0 Å². The van der Waals surface area contributed by atoms with Gasteiger partial charge in [0.2, 0.25) is 5.91 Å². The highest BCUT2D eigenvalue weighted by Crippen LogP contribution is 2.28. The van der Waals surface area contributed by atoms with Crippen LogP contribution in [0.4, 0.5) is 5.82 Å². The van der Waals surface area contributed by atoms with E-state index in [-0.39, 0.29) is 11.9 Å². The molecule has 1 saturated heterocycles. The predicted molar refractivity (Wildman–Crippen MR) is 83.0 cm³/mol. The summed E-state index contributed by atoms with van der Waals surface area (Å²) in [5.41, 5.74) is 5.59. The summed E-state index contributed by atoms with van der Waals surface area (Å²) in [4.78, 5) is 19.0. The van der Waals surface area contributed by atoms with Crippen LogP contribution in [0, 0.1) is 0 Å². The van der Waals surface area contributed by atoms with Crippen LogP contribution < -0.4 is 16.0 Å². The third kappa shape index (κ3) is 3.18. The van der Waals surface area contributed by atoms with E-state index in [1.54, 1.807) is 0 Å². The second kappa shape index (κ2) is 6.02. The Morgan fingerprint density at radius 2 is 2.00 bits per heavy atom. The molecule has 0 radical (unpaired) electrons. The van der Waals surface area contributed by atoms with Crippen LogP contribution in [0.3, 0.4) is 0 Å². The molecular formula is C16H24N4O. The van der Waals surface area contributed by atoms with Gasteiger partial charge in [-0.25, -0.2) is 4.98 Å². The summed E-state index contributed by atoms with van der Waals surface area (Å²) in [7, 11) is 0. The molecule has 0 unspecified atom stereocenters. The van der Waals surface area contributed by atoms with Gasteiger partial charge in [-0.15, -0.1) is 0 Å². The van der Waals surface area contributed by atoms with Crippen molar-refractivity contribution in [1.82, 2.24) is 10.3 Å². The molecule has 3 rings (SSSR count). The molecule has 2 aliphatic rings. The Morgan fingerprint density at radius 1 is 1.29 bits per heavy atom. The van der Waals surface area contributed by atoms with Gasteiger partial charge >= 0.3 is 0 Å². The Hall–Kier alpha value is -1.62. The first-order valence-electron chi connectivity index (χ1n) is 7.93. The molecule has 1 saturated carbocycles. The molecule has 1 amide bonds. The summed E-state index contributed by atoms with van der Waals surface area (Å²) >= 11 is 0. The number of anilines is 1. The Balaban J connectivity index is 1.51. The van der Waals surface area contributed by atoms with E-state index in [1.165, 1.54) is 0 Å². The molecule has 0 bridgehead atoms. The van der Waals surface area contributed by atoms with Gasteiger partial charge in [0.25, 0.3) is 0 Å². The maximum Gasteiger partial charge on any atom is 0.240 e. The van der Waals surface area contributed by atoms with Crippen molar-refractivity contribution < 1.29 is 4.79 Å². The average molecular weight is 288 g/mol. The topological polar surface area (TPSA) is 71.2 Å². The molecule has 3 N–H and O–H groups in total. The number of rotatable bonds is 3. The summed E-state index contributed by atoms with van der Waals surface area (Å²) in [5, 5.41) is 3.16. The van der Waals surface area contributed by atoms with Gasteiger partial charge in [-0.2, -0.15) is 0 Å². The van der Waals surface area contributed by atoms with Crippen LogP contribution in [0.15, 0.2) is 24.4 Å². The predicted octanol–water partition coefficient (Wildman–Crippen LogP) is 1.44. The van der Waals surface area contributed by atoms with Crippen LogP contribution in [-0.4, -0.2) is 35.6 Å². The zero-order chi connectivity index (χ0) is 14.7. The smallest absolute Gasteiger partial charge is 0.240 e. The van der Waals surface area contributed by atoms with Gasteiger partial charge in [-0.3, -0.25) is 4.79 Å². The molecular weight excluding hydrogens is 264 g/mol. The first kappa shape index (κ1) is 14.3. The SMILES string of the molecule is NC1(C(=O)NC2CCN(c3ccccn3)CC2)CCCC1. The molecule has 1 aliphatic carbocycles. The number of hydrogen-bond acceptors (Lipinski definition) is 4. The van der Waals surface area contributed by atoms with Crippen molar-refractivity contribution in [2.45, 2.75) is 50.1 Å². The number of piperidine rings is 1. The number of aromatic nitrogens is 1. The molecule has 0 aromatic carbocycles. The largest absolute Gasteiger partial charge is 0.356 e. The maximum atomic E-state index is 12.3. The summed E-state index contributed by atoms with van der Waals surface area (Å²) < 4.78 is 0. The molecule has 114 valence electrons. The molecule has 2 heterocycles. The highest BCUT2D eigenvalue weighted by Gasteiger charge is 2.38. The molecule has 1 aromatic rings. The number of carbonyl (C=O) groups is 1. The number of hydrogen-bond donors (Lipinski definition) is 2. The molecule has 5 heteroatoms. The molecule has 1 aromatic heterocycles. The number of amides is 1. The minimum Gasteiger partial charge on any atom is -0.356 e. The van der Waals surface area contributed by atoms with Crippen molar-refractivity contribution in [1.29, 1.82) is 0 Å². The lowest BCUT2D eigenvalue weighted by Crippen LogP contribution is -2.56. The zero-order valence-corrected chi connectivity index (χ0v) is 12.4. The first-order chi connectivity index (χ1) is 10.2. The molecule has 0 spiro atoms. The number of pyridine rings is 1. The van der Waals surface area contributed by atoms with Crippen LogP contribution in [0.1, 0.15) is 38.5 Å². The van der Waals surface area contributed by atoms with Gasteiger partial charge in [0.15, 0.2) is 0 Å². The fourth-order valence-electron chi connectivity index (χ4n) is 3.36. The van der Waals surface area contributed by atoms with Gasteiger partial charge < -0.3 is 16.0 Å². The molecule has 1 aliphatic heterocycles. The summed E-state index contributed by atoms with van der Waals surface area (Å²) in [6.07, 6.45) is 7.53. The van der Waals surface area contributed by atoms with Crippen LogP contribution in [0.2, 0.25) is 0 Å². The monoisotopic (exact) mass is 288 g/mol. The second-order valence-electron chi connectivity index (χ2n) is 6.29. The third-order valence-corrected chi connectivity index (χ3v) is 4.75. The van der Waals surface area contributed by atoms with E-state index >= 15 is 0 Å². The van der Waals surface area contributed by atoms with Crippen molar-refractivity contribution in [3.05, 3.63) is 24.4 Å². The number of nitrogens with one attached hydrogen (secondary N) is 1. The fourth-order valence-corrected chi connectivity index (χ4v) is 3.36. The van der Waals surface area contributed by atoms with E-state index in [2.05, 4.69) is 15.2 Å². The normalized spacial score (nSPS) is 22.2. The summed E-state index contributed by atoms with van der Waals surface area (Å²) in [6.45, 7) is 1.86. The molecule has 0 atom stereocenters. The van der Waals surface area contributed by atoms with Gasteiger partial charge in [-0.05, 0) is 37.8 Å². The van der Waals surface area contributed by atoms with Gasteiger partial charge in [0.05, 0.1) is 5.54 Å². The van der Waals surface area contributed by atoms with Crippen molar-refractivity contribution >= 4 is 11.7 Å². The fraction of sp³-hybridized carbons (Fsp3) is 0.625. The number of nitrogens with two attached hydrogens (primary N) is 1. The van der Waals surface area contributed by atoms with Crippen molar-refractivity contribution in [2.75, 3.05) is 18.0 Å². The maximum absolute atomic E-state index is 12.3. The Morgan fingerprint density at radius 3 is 2.62 bits per heavy atom. The Bertz CT molecular complexity index is 476. The number of carbonyl (C=O) groups excluding carboxylic acids is 1. The molecule has 21 heavy (non-hydrogen) atoms. The Kier molecular flexibility index (Phi) is 4.10. The van der Waals surface area contributed by atoms with E-state index in [1.807, 2.05) is 24.4 Å². The lowest BCUT2D eigenvalue weighted by molar-refractivity contribution is -0.127. The van der Waals surface area contributed by atoms with E-state index in [9.17, 15) is 4.79 Å². The molecule has 5 nitrogen and oxygen atoms in total. The quantitative estimate of drug-likeness (QED) is 0.883. The van der Waals surface area contributed by atoms with Gasteiger partial charge in [-0.1, -0.05) is 18.9 Å². The average Bonchev–Trinajstić information content (AvgIpc) is 2.97. The third-order valence-electron chi connectivity index (χ3n) is 4.75. The highest BCUT2D eigenvalue weighted by molar-refractivity contribution is 5.86. The van der Waals surface area contributed by atoms with Crippen LogP contribution in [-0.2, 0) is 4.79 Å². The lowest BCUT2D eigenvalue weighted by atomic mass is 9.96. The summed E-state index contributed by atoms with van der Waals surface area (Å²) in [5.74, 6) is 1.07.